The predicted octanol–water partition coefficient (Wildman–Crippen LogP) is 2.09. The zero-order valence-electron chi connectivity index (χ0n) is 8.73. The van der Waals surface area contributed by atoms with Crippen molar-refractivity contribution in [3.05, 3.63) is 10.4 Å². The van der Waals surface area contributed by atoms with E-state index in [1.54, 1.807) is 13.8 Å². The topological polar surface area (TPSA) is 69.1 Å². The Morgan fingerprint density at radius 1 is 1.50 bits per heavy atom. The van der Waals surface area contributed by atoms with Crippen LogP contribution in [0.25, 0.3) is 10.4 Å². The van der Waals surface area contributed by atoms with Crippen LogP contribution in [0, 0.1) is 0 Å². The van der Waals surface area contributed by atoms with Crippen LogP contribution in [0.2, 0.25) is 0 Å². The minimum atomic E-state index is -0.603. The van der Waals surface area contributed by atoms with E-state index in [0.717, 1.165) is 25.9 Å². The smallest absolute Gasteiger partial charge is 0.223 e. The Bertz CT molecular complexity index is 262. The number of rotatable bonds is 3. The van der Waals surface area contributed by atoms with E-state index >= 15 is 0 Å². The van der Waals surface area contributed by atoms with Crippen LogP contribution in [-0.4, -0.2) is 29.4 Å². The Morgan fingerprint density at radius 3 is 2.57 bits per heavy atom. The molecule has 1 fully saturated rings. The van der Waals surface area contributed by atoms with Gasteiger partial charge >= 0.3 is 0 Å². The second-order valence-corrected chi connectivity index (χ2v) is 4.27. The Labute approximate surface area is 83.7 Å². The van der Waals surface area contributed by atoms with Crippen molar-refractivity contribution in [2.45, 2.75) is 38.6 Å². The van der Waals surface area contributed by atoms with E-state index in [9.17, 15) is 4.79 Å². The zero-order chi connectivity index (χ0) is 10.6. The van der Waals surface area contributed by atoms with Gasteiger partial charge < -0.3 is 4.90 Å². The SMILES string of the molecule is CC(C)(CC(=O)N1CCCC1)N=[N+]=[N-]. The van der Waals surface area contributed by atoms with Crippen LogP contribution in [0.15, 0.2) is 5.11 Å². The molecule has 0 saturated carbocycles. The molecule has 14 heavy (non-hydrogen) atoms. The van der Waals surface area contributed by atoms with Crippen molar-refractivity contribution >= 4 is 5.91 Å². The Morgan fingerprint density at radius 2 is 2.07 bits per heavy atom. The van der Waals surface area contributed by atoms with Crippen LogP contribution >= 0.6 is 0 Å². The summed E-state index contributed by atoms with van der Waals surface area (Å²) >= 11 is 0. The van der Waals surface area contributed by atoms with Gasteiger partial charge in [-0.15, -0.1) is 0 Å². The average molecular weight is 196 g/mol. The first-order valence-corrected chi connectivity index (χ1v) is 4.89. The molecule has 0 aromatic carbocycles. The molecule has 1 amide bonds. The summed E-state index contributed by atoms with van der Waals surface area (Å²) < 4.78 is 0. The molecule has 1 saturated heterocycles. The molecule has 0 aromatic rings. The van der Waals surface area contributed by atoms with Gasteiger partial charge in [0.2, 0.25) is 5.91 Å². The van der Waals surface area contributed by atoms with Crippen LogP contribution in [-0.2, 0) is 4.79 Å². The van der Waals surface area contributed by atoms with E-state index in [1.807, 2.05) is 4.90 Å². The second-order valence-electron chi connectivity index (χ2n) is 4.27. The lowest BCUT2D eigenvalue weighted by molar-refractivity contribution is -0.131. The molecule has 0 atom stereocenters. The molecule has 0 aliphatic carbocycles. The average Bonchev–Trinajstić information content (AvgIpc) is 2.53. The van der Waals surface area contributed by atoms with E-state index in [4.69, 9.17) is 5.53 Å². The lowest BCUT2D eigenvalue weighted by Gasteiger charge is -2.21. The monoisotopic (exact) mass is 196 g/mol. The van der Waals surface area contributed by atoms with E-state index in [1.165, 1.54) is 0 Å². The molecule has 1 rings (SSSR count). The summed E-state index contributed by atoms with van der Waals surface area (Å²) in [5.74, 6) is 0.0971. The molecule has 5 nitrogen and oxygen atoms in total. The molecule has 5 heteroatoms. The number of likely N-dealkylation sites (tertiary alicyclic amines) is 1. The Hall–Kier alpha value is -1.22. The molecule has 0 spiro atoms. The number of hydrogen-bond donors (Lipinski definition) is 0. The molecule has 0 radical (unpaired) electrons. The minimum Gasteiger partial charge on any atom is -0.343 e. The van der Waals surface area contributed by atoms with Gasteiger partial charge in [-0.1, -0.05) is 19.0 Å². The Balaban J connectivity index is 2.50. The van der Waals surface area contributed by atoms with Crippen LogP contribution in [0.1, 0.15) is 33.1 Å². The highest BCUT2D eigenvalue weighted by Gasteiger charge is 2.25. The van der Waals surface area contributed by atoms with Crippen LogP contribution in [0.4, 0.5) is 0 Å². The molecular weight excluding hydrogens is 180 g/mol. The first kappa shape index (κ1) is 10.9. The van der Waals surface area contributed by atoms with E-state index in [2.05, 4.69) is 10.0 Å². The van der Waals surface area contributed by atoms with Gasteiger partial charge in [0.15, 0.2) is 0 Å². The summed E-state index contributed by atoms with van der Waals surface area (Å²) in [6.45, 7) is 5.26. The lowest BCUT2D eigenvalue weighted by Crippen LogP contribution is -2.33. The molecule has 0 N–H and O–H groups in total. The number of hydrogen-bond acceptors (Lipinski definition) is 2. The van der Waals surface area contributed by atoms with E-state index < -0.39 is 5.54 Å². The third kappa shape index (κ3) is 2.92. The fraction of sp³-hybridized carbons (Fsp3) is 0.889. The van der Waals surface area contributed by atoms with Crippen molar-refractivity contribution in [1.82, 2.24) is 4.90 Å². The van der Waals surface area contributed by atoms with E-state index in [0.29, 0.717) is 6.42 Å². The first-order chi connectivity index (χ1) is 6.55. The number of azide groups is 1. The second kappa shape index (κ2) is 4.33. The number of nitrogens with zero attached hydrogens (tertiary/aromatic N) is 4. The van der Waals surface area contributed by atoms with Gasteiger partial charge in [-0.25, -0.2) is 0 Å². The van der Waals surface area contributed by atoms with Gasteiger partial charge in [-0.2, -0.15) is 0 Å². The molecular formula is C9H16N4O. The van der Waals surface area contributed by atoms with Crippen molar-refractivity contribution in [3.8, 4) is 0 Å². The summed E-state index contributed by atoms with van der Waals surface area (Å²) in [5, 5.41) is 3.60. The summed E-state index contributed by atoms with van der Waals surface area (Å²) in [7, 11) is 0. The van der Waals surface area contributed by atoms with Gasteiger partial charge in [-0.3, -0.25) is 4.79 Å². The maximum absolute atomic E-state index is 11.7. The minimum absolute atomic E-state index is 0.0971. The predicted molar refractivity (Wildman–Crippen MR) is 53.7 cm³/mol. The zero-order valence-corrected chi connectivity index (χ0v) is 8.73. The molecule has 1 aliphatic heterocycles. The Kier molecular flexibility index (Phi) is 3.36. The summed E-state index contributed by atoms with van der Waals surface area (Å²) in [4.78, 5) is 16.3. The molecule has 0 bridgehead atoms. The third-order valence-corrected chi connectivity index (χ3v) is 2.36. The van der Waals surface area contributed by atoms with Crippen molar-refractivity contribution in [1.29, 1.82) is 0 Å². The molecule has 0 aromatic heterocycles. The maximum Gasteiger partial charge on any atom is 0.223 e. The van der Waals surface area contributed by atoms with Crippen LogP contribution in [0.5, 0.6) is 0 Å². The van der Waals surface area contributed by atoms with Gasteiger partial charge in [0, 0.05) is 24.4 Å². The van der Waals surface area contributed by atoms with Crippen LogP contribution in [0.3, 0.4) is 0 Å². The highest BCUT2D eigenvalue weighted by Crippen LogP contribution is 2.18. The van der Waals surface area contributed by atoms with Gasteiger partial charge in [0.1, 0.15) is 0 Å². The number of amides is 1. The number of carbonyl (C=O) groups excluding carboxylic acids is 1. The van der Waals surface area contributed by atoms with E-state index in [-0.39, 0.29) is 5.91 Å². The third-order valence-electron chi connectivity index (χ3n) is 2.36. The summed E-state index contributed by atoms with van der Waals surface area (Å²) in [6, 6.07) is 0. The number of carbonyl (C=O) groups is 1. The summed E-state index contributed by atoms with van der Waals surface area (Å²) in [6.07, 6.45) is 2.48. The highest BCUT2D eigenvalue weighted by molar-refractivity contribution is 5.77. The largest absolute Gasteiger partial charge is 0.343 e. The van der Waals surface area contributed by atoms with Crippen molar-refractivity contribution in [2.24, 2.45) is 5.11 Å². The van der Waals surface area contributed by atoms with Gasteiger partial charge in [-0.05, 0) is 18.4 Å². The standard InChI is InChI=1S/C9H16N4O/c1-9(2,11-12-10)7-8(14)13-5-3-4-6-13/h3-7H2,1-2H3. The van der Waals surface area contributed by atoms with Crippen molar-refractivity contribution < 1.29 is 4.79 Å². The van der Waals surface area contributed by atoms with Crippen molar-refractivity contribution in [3.63, 3.8) is 0 Å². The van der Waals surface area contributed by atoms with Crippen LogP contribution < -0.4 is 0 Å². The summed E-state index contributed by atoms with van der Waals surface area (Å²) in [5.41, 5.74) is 7.71. The molecule has 78 valence electrons. The van der Waals surface area contributed by atoms with Gasteiger partial charge in [0.05, 0.1) is 5.54 Å². The molecule has 0 unspecified atom stereocenters. The van der Waals surface area contributed by atoms with Gasteiger partial charge in [0.25, 0.3) is 0 Å². The highest BCUT2D eigenvalue weighted by atomic mass is 16.2. The maximum atomic E-state index is 11.7. The quantitative estimate of drug-likeness (QED) is 0.387. The molecule has 1 aliphatic rings. The lowest BCUT2D eigenvalue weighted by atomic mass is 10.0. The fourth-order valence-corrected chi connectivity index (χ4v) is 1.60. The molecule has 1 heterocycles. The fourth-order valence-electron chi connectivity index (χ4n) is 1.60. The normalized spacial score (nSPS) is 16.6. The van der Waals surface area contributed by atoms with Crippen molar-refractivity contribution in [2.75, 3.05) is 13.1 Å². The first-order valence-electron chi connectivity index (χ1n) is 4.89.